The first-order chi connectivity index (χ1) is 9.99. The molecule has 0 bridgehead atoms. The molecule has 0 radical (unpaired) electrons. The molecule has 114 valence electrons. The Kier molecular flexibility index (Phi) is 6.11. The standard InChI is InChI=1S/C16H20BrClN2S/c1-3-12(19)8-11-4-5-13(9-15(11)17)20(2)10-14-6-7-16(18)21-14/h4-7,9,12H,3,8,10,19H2,1-2H3. The maximum atomic E-state index is 6.03. The van der Waals surface area contributed by atoms with E-state index in [2.05, 4.69) is 59.1 Å². The van der Waals surface area contributed by atoms with Gasteiger partial charge in [0, 0.05) is 28.1 Å². The first-order valence-electron chi connectivity index (χ1n) is 6.99. The van der Waals surface area contributed by atoms with Crippen LogP contribution in [0.3, 0.4) is 0 Å². The Morgan fingerprint density at radius 1 is 1.33 bits per heavy atom. The molecule has 1 aromatic carbocycles. The molecule has 2 N–H and O–H groups in total. The molecule has 0 saturated heterocycles. The summed E-state index contributed by atoms with van der Waals surface area (Å²) in [6.45, 7) is 2.98. The number of rotatable bonds is 6. The predicted molar refractivity (Wildman–Crippen MR) is 97.5 cm³/mol. The van der Waals surface area contributed by atoms with E-state index in [9.17, 15) is 0 Å². The third-order valence-electron chi connectivity index (χ3n) is 3.51. The molecule has 1 atom stereocenters. The number of nitrogens with zero attached hydrogens (tertiary/aromatic N) is 1. The zero-order chi connectivity index (χ0) is 15.4. The van der Waals surface area contributed by atoms with Crippen molar-refractivity contribution in [1.82, 2.24) is 0 Å². The average Bonchev–Trinajstić information content (AvgIpc) is 2.86. The Hall–Kier alpha value is -0.550. The lowest BCUT2D eigenvalue weighted by Gasteiger charge is -2.20. The lowest BCUT2D eigenvalue weighted by Crippen LogP contribution is -2.21. The number of thiophene rings is 1. The summed E-state index contributed by atoms with van der Waals surface area (Å²) >= 11 is 11.3. The van der Waals surface area contributed by atoms with E-state index in [1.165, 1.54) is 16.1 Å². The van der Waals surface area contributed by atoms with Crippen LogP contribution in [0, 0.1) is 0 Å². The first kappa shape index (κ1) is 16.8. The summed E-state index contributed by atoms with van der Waals surface area (Å²) < 4.78 is 1.96. The number of nitrogens with two attached hydrogens (primary N) is 1. The number of hydrogen-bond donors (Lipinski definition) is 1. The maximum Gasteiger partial charge on any atom is 0.0931 e. The highest BCUT2D eigenvalue weighted by Gasteiger charge is 2.09. The van der Waals surface area contributed by atoms with Crippen molar-refractivity contribution in [3.63, 3.8) is 0 Å². The molecule has 0 spiro atoms. The van der Waals surface area contributed by atoms with Crippen LogP contribution in [0.4, 0.5) is 5.69 Å². The molecule has 0 saturated carbocycles. The van der Waals surface area contributed by atoms with Crippen molar-refractivity contribution < 1.29 is 0 Å². The van der Waals surface area contributed by atoms with Gasteiger partial charge in [-0.2, -0.15) is 0 Å². The third-order valence-corrected chi connectivity index (χ3v) is 5.46. The minimum Gasteiger partial charge on any atom is -0.369 e. The summed E-state index contributed by atoms with van der Waals surface area (Å²) in [5.74, 6) is 0. The summed E-state index contributed by atoms with van der Waals surface area (Å²) in [6, 6.07) is 10.7. The molecule has 2 nitrogen and oxygen atoms in total. The quantitative estimate of drug-likeness (QED) is 0.749. The summed E-state index contributed by atoms with van der Waals surface area (Å²) in [5.41, 5.74) is 8.48. The van der Waals surface area contributed by atoms with Crippen LogP contribution in [-0.4, -0.2) is 13.1 Å². The molecule has 1 aromatic heterocycles. The Labute approximate surface area is 144 Å². The van der Waals surface area contributed by atoms with Crippen LogP contribution in [0.1, 0.15) is 23.8 Å². The second kappa shape index (κ2) is 7.63. The third kappa shape index (κ3) is 4.71. The van der Waals surface area contributed by atoms with Gasteiger partial charge in [-0.25, -0.2) is 0 Å². The van der Waals surface area contributed by atoms with E-state index in [1.54, 1.807) is 11.3 Å². The van der Waals surface area contributed by atoms with Crippen molar-refractivity contribution in [3.8, 4) is 0 Å². The van der Waals surface area contributed by atoms with Crippen LogP contribution in [0.25, 0.3) is 0 Å². The zero-order valence-electron chi connectivity index (χ0n) is 12.3. The minimum absolute atomic E-state index is 0.221. The molecule has 2 rings (SSSR count). The van der Waals surface area contributed by atoms with Crippen molar-refractivity contribution in [3.05, 3.63) is 49.6 Å². The van der Waals surface area contributed by atoms with Gasteiger partial charge in [-0.05, 0) is 42.7 Å². The number of halogens is 2. The van der Waals surface area contributed by atoms with Crippen molar-refractivity contribution >= 4 is 44.6 Å². The average molecular weight is 388 g/mol. The minimum atomic E-state index is 0.221. The van der Waals surface area contributed by atoms with Gasteiger partial charge in [0.25, 0.3) is 0 Å². The zero-order valence-corrected chi connectivity index (χ0v) is 15.4. The molecule has 1 heterocycles. The largest absolute Gasteiger partial charge is 0.369 e. The van der Waals surface area contributed by atoms with Gasteiger partial charge in [-0.3, -0.25) is 0 Å². The highest BCUT2D eigenvalue weighted by atomic mass is 79.9. The van der Waals surface area contributed by atoms with Gasteiger partial charge < -0.3 is 10.6 Å². The first-order valence-corrected chi connectivity index (χ1v) is 8.97. The van der Waals surface area contributed by atoms with Crippen molar-refractivity contribution in [2.45, 2.75) is 32.4 Å². The van der Waals surface area contributed by atoms with E-state index in [0.717, 1.165) is 28.2 Å². The predicted octanol–water partition coefficient (Wildman–Crippen LogP) is 5.08. The monoisotopic (exact) mass is 386 g/mol. The van der Waals surface area contributed by atoms with Crippen molar-refractivity contribution in [2.75, 3.05) is 11.9 Å². The van der Waals surface area contributed by atoms with Gasteiger partial charge in [-0.1, -0.05) is 40.5 Å². The molecule has 0 aliphatic heterocycles. The lowest BCUT2D eigenvalue weighted by atomic mass is 10.0. The van der Waals surface area contributed by atoms with E-state index < -0.39 is 0 Å². The van der Waals surface area contributed by atoms with Crippen LogP contribution in [0.2, 0.25) is 4.34 Å². The fraction of sp³-hybridized carbons (Fsp3) is 0.375. The van der Waals surface area contributed by atoms with Gasteiger partial charge in [0.2, 0.25) is 0 Å². The normalized spacial score (nSPS) is 12.4. The Morgan fingerprint density at radius 2 is 2.10 bits per heavy atom. The molecule has 21 heavy (non-hydrogen) atoms. The Morgan fingerprint density at radius 3 is 2.67 bits per heavy atom. The lowest BCUT2D eigenvalue weighted by molar-refractivity contribution is 0.645. The van der Waals surface area contributed by atoms with Crippen LogP contribution in [-0.2, 0) is 13.0 Å². The molecule has 1 unspecified atom stereocenters. The maximum absolute atomic E-state index is 6.03. The summed E-state index contributed by atoms with van der Waals surface area (Å²) in [6.07, 6.45) is 1.90. The fourth-order valence-electron chi connectivity index (χ4n) is 2.13. The number of benzene rings is 1. The van der Waals surface area contributed by atoms with Crippen LogP contribution < -0.4 is 10.6 Å². The van der Waals surface area contributed by atoms with Crippen molar-refractivity contribution in [1.29, 1.82) is 0 Å². The van der Waals surface area contributed by atoms with E-state index in [0.29, 0.717) is 0 Å². The number of hydrogen-bond acceptors (Lipinski definition) is 3. The molecule has 5 heteroatoms. The Balaban J connectivity index is 2.08. The topological polar surface area (TPSA) is 29.3 Å². The molecule has 0 aliphatic carbocycles. The second-order valence-corrected chi connectivity index (χ2v) is 7.86. The van der Waals surface area contributed by atoms with E-state index >= 15 is 0 Å². The molecular weight excluding hydrogens is 368 g/mol. The van der Waals surface area contributed by atoms with Crippen LogP contribution >= 0.6 is 38.9 Å². The SMILES string of the molecule is CCC(N)Cc1ccc(N(C)Cc2ccc(Cl)s2)cc1Br. The smallest absolute Gasteiger partial charge is 0.0931 e. The van der Waals surface area contributed by atoms with Gasteiger partial charge >= 0.3 is 0 Å². The summed E-state index contributed by atoms with van der Waals surface area (Å²) in [7, 11) is 2.09. The highest BCUT2D eigenvalue weighted by molar-refractivity contribution is 9.10. The number of anilines is 1. The molecule has 0 aliphatic rings. The molecule has 2 aromatic rings. The van der Waals surface area contributed by atoms with Gasteiger partial charge in [0.05, 0.1) is 10.9 Å². The van der Waals surface area contributed by atoms with Crippen LogP contribution in [0.15, 0.2) is 34.8 Å². The van der Waals surface area contributed by atoms with Gasteiger partial charge in [0.1, 0.15) is 0 Å². The van der Waals surface area contributed by atoms with Gasteiger partial charge in [-0.15, -0.1) is 11.3 Å². The van der Waals surface area contributed by atoms with E-state index in [-0.39, 0.29) is 6.04 Å². The van der Waals surface area contributed by atoms with Crippen LogP contribution in [0.5, 0.6) is 0 Å². The summed E-state index contributed by atoms with van der Waals surface area (Å²) in [4.78, 5) is 3.48. The Bertz CT molecular complexity index is 600. The molecule has 0 fully saturated rings. The molecule has 0 amide bonds. The summed E-state index contributed by atoms with van der Waals surface area (Å²) in [5, 5.41) is 0. The van der Waals surface area contributed by atoms with E-state index in [4.69, 9.17) is 17.3 Å². The fourth-order valence-corrected chi connectivity index (χ4v) is 3.80. The van der Waals surface area contributed by atoms with E-state index in [1.807, 2.05) is 6.07 Å². The second-order valence-electron chi connectivity index (χ2n) is 5.21. The van der Waals surface area contributed by atoms with Gasteiger partial charge in [0.15, 0.2) is 0 Å². The molecular formula is C16H20BrClN2S. The highest BCUT2D eigenvalue weighted by Crippen LogP contribution is 2.28. The van der Waals surface area contributed by atoms with Crippen molar-refractivity contribution in [2.24, 2.45) is 5.73 Å².